The fourth-order valence-electron chi connectivity index (χ4n) is 2.71. The number of ketones is 1. The van der Waals surface area contributed by atoms with Gasteiger partial charge in [-0.3, -0.25) is 14.2 Å². The van der Waals surface area contributed by atoms with Crippen molar-refractivity contribution in [1.82, 2.24) is 4.57 Å². The maximum absolute atomic E-state index is 12.8. The monoisotopic (exact) mass is 350 g/mol. The van der Waals surface area contributed by atoms with E-state index < -0.39 is 0 Å². The Morgan fingerprint density at radius 2 is 1.69 bits per heavy atom. The van der Waals surface area contributed by atoms with E-state index in [0.29, 0.717) is 22.7 Å². The van der Waals surface area contributed by atoms with E-state index in [2.05, 4.69) is 0 Å². The van der Waals surface area contributed by atoms with Gasteiger partial charge < -0.3 is 15.2 Å². The molecule has 6 nitrogen and oxygen atoms in total. The standard InChI is InChI=1S/C20H18N2O4/c1-25-14-8-10-16(17(12-14)26-2)22-18(23)11-9-15(20(22)21)19(24)13-6-4-3-5-7-13/h3-12H,21H2,1-2H3. The molecule has 0 saturated carbocycles. The largest absolute Gasteiger partial charge is 0.497 e. The Labute approximate surface area is 150 Å². The fourth-order valence-corrected chi connectivity index (χ4v) is 2.71. The number of nitrogens with zero attached hydrogens (tertiary/aromatic N) is 1. The summed E-state index contributed by atoms with van der Waals surface area (Å²) in [6.07, 6.45) is 0. The number of carbonyl (C=O) groups excluding carboxylic acids is 1. The summed E-state index contributed by atoms with van der Waals surface area (Å²) in [5.74, 6) is 0.773. The first-order valence-electron chi connectivity index (χ1n) is 7.90. The molecule has 0 saturated heterocycles. The second-order valence-corrected chi connectivity index (χ2v) is 5.54. The predicted molar refractivity (Wildman–Crippen MR) is 99.4 cm³/mol. The highest BCUT2D eigenvalue weighted by atomic mass is 16.5. The highest BCUT2D eigenvalue weighted by molar-refractivity contribution is 6.11. The lowest BCUT2D eigenvalue weighted by Crippen LogP contribution is -2.24. The molecule has 0 amide bonds. The Kier molecular flexibility index (Phi) is 4.75. The van der Waals surface area contributed by atoms with Crippen LogP contribution < -0.4 is 20.8 Å². The molecule has 1 heterocycles. The number of pyridine rings is 1. The normalized spacial score (nSPS) is 10.4. The van der Waals surface area contributed by atoms with Crippen molar-refractivity contribution in [2.75, 3.05) is 20.0 Å². The first-order valence-corrected chi connectivity index (χ1v) is 7.90. The minimum Gasteiger partial charge on any atom is -0.497 e. The topological polar surface area (TPSA) is 83.5 Å². The van der Waals surface area contributed by atoms with Crippen molar-refractivity contribution in [3.05, 3.63) is 82.1 Å². The zero-order valence-electron chi connectivity index (χ0n) is 14.4. The van der Waals surface area contributed by atoms with E-state index in [1.165, 1.54) is 30.9 Å². The van der Waals surface area contributed by atoms with Gasteiger partial charge in [0.15, 0.2) is 5.78 Å². The number of benzene rings is 2. The zero-order chi connectivity index (χ0) is 18.7. The van der Waals surface area contributed by atoms with E-state index >= 15 is 0 Å². The van der Waals surface area contributed by atoms with Crippen LogP contribution in [0.5, 0.6) is 11.5 Å². The SMILES string of the molecule is COc1ccc(-n2c(N)c(C(=O)c3ccccc3)ccc2=O)c(OC)c1. The first-order chi connectivity index (χ1) is 12.6. The molecular weight excluding hydrogens is 332 g/mol. The van der Waals surface area contributed by atoms with E-state index in [9.17, 15) is 9.59 Å². The minimum atomic E-state index is -0.365. The molecule has 3 aromatic rings. The van der Waals surface area contributed by atoms with Crippen molar-refractivity contribution in [2.45, 2.75) is 0 Å². The van der Waals surface area contributed by atoms with E-state index in [0.717, 1.165) is 0 Å². The van der Waals surface area contributed by atoms with Crippen LogP contribution in [0.2, 0.25) is 0 Å². The average Bonchev–Trinajstić information content (AvgIpc) is 2.68. The maximum Gasteiger partial charge on any atom is 0.256 e. The Morgan fingerprint density at radius 3 is 2.35 bits per heavy atom. The number of ether oxygens (including phenoxy) is 2. The number of nitrogen functional groups attached to an aromatic ring is 1. The summed E-state index contributed by atoms with van der Waals surface area (Å²) < 4.78 is 11.8. The predicted octanol–water partition coefficient (Wildman–Crippen LogP) is 2.67. The molecule has 0 aliphatic carbocycles. The molecule has 26 heavy (non-hydrogen) atoms. The van der Waals surface area contributed by atoms with Crippen LogP contribution >= 0.6 is 0 Å². The van der Waals surface area contributed by atoms with Crippen molar-refractivity contribution in [3.8, 4) is 17.2 Å². The molecule has 0 atom stereocenters. The van der Waals surface area contributed by atoms with Crippen molar-refractivity contribution in [2.24, 2.45) is 0 Å². The molecule has 6 heteroatoms. The lowest BCUT2D eigenvalue weighted by molar-refractivity contribution is 0.103. The molecule has 3 rings (SSSR count). The highest BCUT2D eigenvalue weighted by Crippen LogP contribution is 2.29. The third-order valence-electron chi connectivity index (χ3n) is 4.04. The van der Waals surface area contributed by atoms with Crippen LogP contribution in [-0.4, -0.2) is 24.6 Å². The van der Waals surface area contributed by atoms with E-state index in [1.54, 1.807) is 42.5 Å². The number of carbonyl (C=O) groups is 1. The fraction of sp³-hybridized carbons (Fsp3) is 0.100. The Morgan fingerprint density at radius 1 is 0.962 bits per heavy atom. The summed E-state index contributed by atoms with van der Waals surface area (Å²) in [6, 6.07) is 16.5. The number of aromatic nitrogens is 1. The number of hydrogen-bond donors (Lipinski definition) is 1. The molecule has 0 unspecified atom stereocenters. The maximum atomic E-state index is 12.8. The Hall–Kier alpha value is -3.54. The molecule has 1 aromatic heterocycles. The number of anilines is 1. The number of methoxy groups -OCH3 is 2. The van der Waals surface area contributed by atoms with Gasteiger partial charge in [0, 0.05) is 17.7 Å². The van der Waals surface area contributed by atoms with Crippen molar-refractivity contribution in [3.63, 3.8) is 0 Å². The van der Waals surface area contributed by atoms with Crippen LogP contribution in [0, 0.1) is 0 Å². The summed E-state index contributed by atoms with van der Waals surface area (Å²) in [5.41, 5.74) is 7.00. The number of nitrogens with two attached hydrogens (primary N) is 1. The summed E-state index contributed by atoms with van der Waals surface area (Å²) in [6.45, 7) is 0. The lowest BCUT2D eigenvalue weighted by atomic mass is 10.0. The summed E-state index contributed by atoms with van der Waals surface area (Å²) >= 11 is 0. The zero-order valence-corrected chi connectivity index (χ0v) is 14.4. The van der Waals surface area contributed by atoms with Crippen LogP contribution in [0.4, 0.5) is 5.82 Å². The smallest absolute Gasteiger partial charge is 0.256 e. The third-order valence-corrected chi connectivity index (χ3v) is 4.04. The molecule has 132 valence electrons. The van der Waals surface area contributed by atoms with E-state index in [1.807, 2.05) is 6.07 Å². The molecule has 0 fully saturated rings. The van der Waals surface area contributed by atoms with Crippen molar-refractivity contribution < 1.29 is 14.3 Å². The molecule has 0 radical (unpaired) electrons. The minimum absolute atomic E-state index is 0.0508. The molecular formula is C20H18N2O4. The molecule has 2 N–H and O–H groups in total. The third kappa shape index (κ3) is 3.04. The van der Waals surface area contributed by atoms with Gasteiger partial charge in [-0.05, 0) is 18.2 Å². The lowest BCUT2D eigenvalue weighted by Gasteiger charge is -2.16. The quantitative estimate of drug-likeness (QED) is 0.715. The van der Waals surface area contributed by atoms with Gasteiger partial charge >= 0.3 is 0 Å². The number of hydrogen-bond acceptors (Lipinski definition) is 5. The van der Waals surface area contributed by atoms with Crippen LogP contribution in [0.15, 0.2) is 65.5 Å². The van der Waals surface area contributed by atoms with Crippen molar-refractivity contribution in [1.29, 1.82) is 0 Å². The Balaban J connectivity index is 2.18. The molecule has 0 aliphatic rings. The summed E-state index contributed by atoms with van der Waals surface area (Å²) in [5, 5.41) is 0. The number of rotatable bonds is 5. The molecule has 0 bridgehead atoms. The van der Waals surface area contributed by atoms with Crippen LogP contribution in [0.25, 0.3) is 5.69 Å². The second kappa shape index (κ2) is 7.14. The van der Waals surface area contributed by atoms with Crippen LogP contribution in [0.3, 0.4) is 0 Å². The van der Waals surface area contributed by atoms with Gasteiger partial charge in [-0.25, -0.2) is 0 Å². The first kappa shape index (κ1) is 17.3. The van der Waals surface area contributed by atoms with Gasteiger partial charge in [0.25, 0.3) is 5.56 Å². The molecule has 2 aromatic carbocycles. The van der Waals surface area contributed by atoms with Gasteiger partial charge in [0.1, 0.15) is 17.3 Å². The van der Waals surface area contributed by atoms with E-state index in [-0.39, 0.29) is 22.7 Å². The summed E-state index contributed by atoms with van der Waals surface area (Å²) in [4.78, 5) is 25.2. The van der Waals surface area contributed by atoms with Gasteiger partial charge in [0.05, 0.1) is 25.5 Å². The van der Waals surface area contributed by atoms with E-state index in [4.69, 9.17) is 15.2 Å². The van der Waals surface area contributed by atoms with Gasteiger partial charge in [-0.1, -0.05) is 30.3 Å². The highest BCUT2D eigenvalue weighted by Gasteiger charge is 2.18. The average molecular weight is 350 g/mol. The second-order valence-electron chi connectivity index (χ2n) is 5.54. The summed E-state index contributed by atoms with van der Waals surface area (Å²) in [7, 11) is 3.02. The molecule has 0 spiro atoms. The van der Waals surface area contributed by atoms with Gasteiger partial charge in [0.2, 0.25) is 0 Å². The van der Waals surface area contributed by atoms with Gasteiger partial charge in [-0.2, -0.15) is 0 Å². The molecule has 0 aliphatic heterocycles. The van der Waals surface area contributed by atoms with Crippen molar-refractivity contribution >= 4 is 11.6 Å². The van der Waals surface area contributed by atoms with Gasteiger partial charge in [-0.15, -0.1) is 0 Å². The van der Waals surface area contributed by atoms with Crippen LogP contribution in [0.1, 0.15) is 15.9 Å². The van der Waals surface area contributed by atoms with Crippen LogP contribution in [-0.2, 0) is 0 Å². The Bertz CT molecular complexity index is 1010.